The highest BCUT2D eigenvalue weighted by atomic mass is 35.5. The number of halogens is 3. The van der Waals surface area contributed by atoms with Gasteiger partial charge in [0, 0.05) is 11.1 Å². The number of hydrogen-bond donors (Lipinski definition) is 0. The van der Waals surface area contributed by atoms with Crippen LogP contribution in [-0.2, 0) is 0 Å². The molecule has 0 saturated heterocycles. The van der Waals surface area contributed by atoms with E-state index in [4.69, 9.17) is 39.5 Å². The molecule has 1 rings (SSSR count). The minimum absolute atomic E-state index is 0.0802. The molecular formula is C12H15Cl3O. The molecule has 0 fully saturated rings. The van der Waals surface area contributed by atoms with Gasteiger partial charge in [0.25, 0.3) is 0 Å². The van der Waals surface area contributed by atoms with Gasteiger partial charge >= 0.3 is 0 Å². The molecule has 0 radical (unpaired) electrons. The lowest BCUT2D eigenvalue weighted by molar-refractivity contribution is 0.394. The number of rotatable bonds is 2. The summed E-state index contributed by atoms with van der Waals surface area (Å²) in [6.45, 7) is 6.16. The summed E-state index contributed by atoms with van der Waals surface area (Å²) in [7, 11) is 1.55. The molecular weight excluding hydrogens is 266 g/mol. The van der Waals surface area contributed by atoms with Gasteiger partial charge in [-0.05, 0) is 17.0 Å². The second-order valence-corrected chi connectivity index (χ2v) is 5.99. The van der Waals surface area contributed by atoms with Crippen molar-refractivity contribution in [2.75, 3.05) is 7.11 Å². The first-order valence-corrected chi connectivity index (χ1v) is 6.13. The maximum atomic E-state index is 6.37. The highest BCUT2D eigenvalue weighted by Crippen LogP contribution is 2.44. The Morgan fingerprint density at radius 3 is 2.12 bits per heavy atom. The van der Waals surface area contributed by atoms with Crippen LogP contribution in [0.2, 0.25) is 10.0 Å². The van der Waals surface area contributed by atoms with Crippen molar-refractivity contribution in [3.63, 3.8) is 0 Å². The Kier molecular flexibility index (Phi) is 4.39. The number of hydrogen-bond acceptors (Lipinski definition) is 1. The lowest BCUT2D eigenvalue weighted by Crippen LogP contribution is -2.13. The summed E-state index contributed by atoms with van der Waals surface area (Å²) in [6.07, 6.45) is 0. The van der Waals surface area contributed by atoms with E-state index in [1.54, 1.807) is 19.2 Å². The molecule has 0 amide bonds. The molecule has 0 aliphatic heterocycles. The maximum Gasteiger partial charge on any atom is 0.138 e. The van der Waals surface area contributed by atoms with Crippen LogP contribution >= 0.6 is 34.8 Å². The summed E-state index contributed by atoms with van der Waals surface area (Å²) in [4.78, 5) is 0. The third-order valence-corrected chi connectivity index (χ3v) is 3.82. The lowest BCUT2D eigenvalue weighted by Gasteiger charge is -2.26. The fourth-order valence-electron chi connectivity index (χ4n) is 1.36. The third kappa shape index (κ3) is 2.97. The fraction of sp³-hybridized carbons (Fsp3) is 0.500. The Labute approximate surface area is 112 Å². The molecule has 1 atom stereocenters. The summed E-state index contributed by atoms with van der Waals surface area (Å²) < 4.78 is 5.09. The Morgan fingerprint density at radius 1 is 1.12 bits per heavy atom. The molecule has 4 heteroatoms. The first-order chi connectivity index (χ1) is 7.27. The van der Waals surface area contributed by atoms with Crippen LogP contribution in [0.1, 0.15) is 31.7 Å². The minimum atomic E-state index is -0.191. The zero-order valence-corrected chi connectivity index (χ0v) is 12.0. The Hall–Kier alpha value is -0.110. The van der Waals surface area contributed by atoms with E-state index in [1.807, 2.05) is 0 Å². The van der Waals surface area contributed by atoms with Crippen molar-refractivity contribution in [1.29, 1.82) is 0 Å². The average molecular weight is 282 g/mol. The first-order valence-electron chi connectivity index (χ1n) is 4.94. The molecule has 90 valence electrons. The van der Waals surface area contributed by atoms with Gasteiger partial charge in [0.05, 0.1) is 17.5 Å². The molecule has 0 aliphatic rings. The summed E-state index contributed by atoms with van der Waals surface area (Å²) in [6, 6.07) is 3.46. The van der Waals surface area contributed by atoms with Crippen LogP contribution < -0.4 is 4.74 Å². The van der Waals surface area contributed by atoms with Gasteiger partial charge < -0.3 is 4.74 Å². The zero-order valence-electron chi connectivity index (χ0n) is 9.77. The molecule has 0 aromatic heterocycles. The molecule has 0 spiro atoms. The van der Waals surface area contributed by atoms with E-state index in [0.29, 0.717) is 15.8 Å². The first kappa shape index (κ1) is 14.0. The standard InChI is InChI=1S/C12H15Cl3O/c1-12(2,3)11(15)7-5-9(14)10(16-4)6-8(7)13/h5-6,11H,1-4H3. The second-order valence-electron chi connectivity index (χ2n) is 4.74. The molecule has 0 saturated carbocycles. The van der Waals surface area contributed by atoms with Crippen LogP contribution in [0.4, 0.5) is 0 Å². The van der Waals surface area contributed by atoms with E-state index in [9.17, 15) is 0 Å². The molecule has 1 aromatic rings. The van der Waals surface area contributed by atoms with Gasteiger partial charge in [-0.25, -0.2) is 0 Å². The predicted octanol–water partition coefficient (Wildman–Crippen LogP) is 5.33. The zero-order chi connectivity index (χ0) is 12.5. The fourth-order valence-corrected chi connectivity index (χ4v) is 2.11. The molecule has 0 N–H and O–H groups in total. The predicted molar refractivity (Wildman–Crippen MR) is 71.1 cm³/mol. The van der Waals surface area contributed by atoms with E-state index >= 15 is 0 Å². The number of ether oxygens (including phenoxy) is 1. The summed E-state index contributed by atoms with van der Waals surface area (Å²) >= 11 is 18.6. The maximum absolute atomic E-state index is 6.37. The van der Waals surface area contributed by atoms with Crippen LogP contribution in [0.5, 0.6) is 5.75 Å². The van der Waals surface area contributed by atoms with E-state index in [2.05, 4.69) is 20.8 Å². The van der Waals surface area contributed by atoms with Crippen molar-refractivity contribution >= 4 is 34.8 Å². The summed E-state index contributed by atoms with van der Waals surface area (Å²) in [5.41, 5.74) is 0.755. The molecule has 16 heavy (non-hydrogen) atoms. The Morgan fingerprint density at radius 2 is 1.69 bits per heavy atom. The van der Waals surface area contributed by atoms with Gasteiger partial charge in [-0.2, -0.15) is 0 Å². The second kappa shape index (κ2) is 5.03. The SMILES string of the molecule is COc1cc(Cl)c(C(Cl)C(C)(C)C)cc1Cl. The van der Waals surface area contributed by atoms with Crippen molar-refractivity contribution < 1.29 is 4.74 Å². The van der Waals surface area contributed by atoms with Crippen molar-refractivity contribution in [1.82, 2.24) is 0 Å². The quantitative estimate of drug-likeness (QED) is 0.666. The molecule has 0 bridgehead atoms. The molecule has 0 aliphatic carbocycles. The number of methoxy groups -OCH3 is 1. The van der Waals surface area contributed by atoms with Gasteiger partial charge in [-0.1, -0.05) is 44.0 Å². The van der Waals surface area contributed by atoms with Crippen LogP contribution in [-0.4, -0.2) is 7.11 Å². The molecule has 0 heterocycles. The lowest BCUT2D eigenvalue weighted by atomic mass is 9.87. The van der Waals surface area contributed by atoms with Crippen molar-refractivity contribution in [3.05, 3.63) is 27.7 Å². The van der Waals surface area contributed by atoms with Gasteiger partial charge in [-0.15, -0.1) is 11.6 Å². The van der Waals surface area contributed by atoms with Gasteiger partial charge in [-0.3, -0.25) is 0 Å². The number of benzene rings is 1. The molecule has 1 unspecified atom stereocenters. The topological polar surface area (TPSA) is 9.23 Å². The largest absolute Gasteiger partial charge is 0.495 e. The minimum Gasteiger partial charge on any atom is -0.495 e. The van der Waals surface area contributed by atoms with E-state index in [-0.39, 0.29) is 10.8 Å². The van der Waals surface area contributed by atoms with Crippen LogP contribution in [0.3, 0.4) is 0 Å². The van der Waals surface area contributed by atoms with E-state index in [1.165, 1.54) is 0 Å². The monoisotopic (exact) mass is 280 g/mol. The van der Waals surface area contributed by atoms with Crippen molar-refractivity contribution in [3.8, 4) is 5.75 Å². The Bertz CT molecular complexity index is 383. The van der Waals surface area contributed by atoms with Gasteiger partial charge in [0.1, 0.15) is 5.75 Å². The normalized spacial score (nSPS) is 13.7. The molecule has 1 aromatic carbocycles. The third-order valence-electron chi connectivity index (χ3n) is 2.30. The van der Waals surface area contributed by atoms with Crippen molar-refractivity contribution in [2.45, 2.75) is 26.1 Å². The van der Waals surface area contributed by atoms with Gasteiger partial charge in [0.15, 0.2) is 0 Å². The van der Waals surface area contributed by atoms with Crippen LogP contribution in [0, 0.1) is 5.41 Å². The van der Waals surface area contributed by atoms with Crippen LogP contribution in [0.15, 0.2) is 12.1 Å². The average Bonchev–Trinajstić information content (AvgIpc) is 2.18. The molecule has 1 nitrogen and oxygen atoms in total. The van der Waals surface area contributed by atoms with E-state index < -0.39 is 0 Å². The summed E-state index contributed by atoms with van der Waals surface area (Å²) in [5, 5.41) is 0.913. The number of alkyl halides is 1. The summed E-state index contributed by atoms with van der Waals surface area (Å²) in [5.74, 6) is 0.563. The Balaban J connectivity index is 3.21. The van der Waals surface area contributed by atoms with E-state index in [0.717, 1.165) is 5.56 Å². The van der Waals surface area contributed by atoms with Crippen molar-refractivity contribution in [2.24, 2.45) is 5.41 Å². The van der Waals surface area contributed by atoms with Crippen LogP contribution in [0.25, 0.3) is 0 Å². The van der Waals surface area contributed by atoms with Gasteiger partial charge in [0.2, 0.25) is 0 Å². The highest BCUT2D eigenvalue weighted by Gasteiger charge is 2.26. The smallest absolute Gasteiger partial charge is 0.138 e. The highest BCUT2D eigenvalue weighted by molar-refractivity contribution is 6.35.